The van der Waals surface area contributed by atoms with E-state index in [9.17, 15) is 4.79 Å². The minimum absolute atomic E-state index is 0. The van der Waals surface area contributed by atoms with Crippen molar-refractivity contribution in [2.75, 3.05) is 38.6 Å². The number of rotatable bonds is 7. The Kier molecular flexibility index (Phi) is 8.97. The van der Waals surface area contributed by atoms with Crippen molar-refractivity contribution in [3.05, 3.63) is 42.1 Å². The Morgan fingerprint density at radius 1 is 1.30 bits per heavy atom. The molecule has 0 spiro atoms. The molecule has 1 saturated heterocycles. The van der Waals surface area contributed by atoms with Crippen molar-refractivity contribution in [2.45, 2.75) is 31.8 Å². The van der Waals surface area contributed by atoms with E-state index in [4.69, 9.17) is 4.74 Å². The highest BCUT2D eigenvalue weighted by Crippen LogP contribution is 2.40. The fraction of sp³-hybridized carbons (Fsp3) is 0.524. The van der Waals surface area contributed by atoms with Gasteiger partial charge >= 0.3 is 0 Å². The second-order valence-corrected chi connectivity index (χ2v) is 7.72. The van der Waals surface area contributed by atoms with Crippen LogP contribution in [0.3, 0.4) is 0 Å². The molecule has 30 heavy (non-hydrogen) atoms. The Morgan fingerprint density at radius 3 is 2.80 bits per heavy atom. The van der Waals surface area contributed by atoms with E-state index < -0.39 is 0 Å². The predicted molar refractivity (Wildman–Crippen MR) is 123 cm³/mol. The molecule has 166 valence electrons. The van der Waals surface area contributed by atoms with Crippen LogP contribution in [0.2, 0.25) is 0 Å². The largest absolute Gasteiger partial charge is 0.496 e. The number of benzene rings is 1. The third kappa shape index (κ3) is 5.46. The fourth-order valence-corrected chi connectivity index (χ4v) is 4.07. The average Bonchev–Trinajstić information content (AvgIpc) is 3.47. The van der Waals surface area contributed by atoms with E-state index in [1.807, 2.05) is 28.9 Å². The van der Waals surface area contributed by atoms with Gasteiger partial charge in [0, 0.05) is 31.3 Å². The van der Waals surface area contributed by atoms with Gasteiger partial charge in [-0.25, -0.2) is 4.68 Å². The van der Waals surface area contributed by atoms with Gasteiger partial charge in [0.2, 0.25) is 5.91 Å². The summed E-state index contributed by atoms with van der Waals surface area (Å²) >= 11 is 0. The molecule has 9 heteroatoms. The lowest BCUT2D eigenvalue weighted by atomic mass is 10.0. The molecule has 1 aliphatic carbocycles. The van der Waals surface area contributed by atoms with Crippen molar-refractivity contribution in [1.82, 2.24) is 20.0 Å². The topological polar surface area (TPSA) is 71.4 Å². The first kappa shape index (κ1) is 24.5. The number of piperazine rings is 1. The zero-order valence-electron chi connectivity index (χ0n) is 17.4. The maximum Gasteiger partial charge on any atom is 0.239 e. The maximum absolute atomic E-state index is 12.8. The van der Waals surface area contributed by atoms with Crippen LogP contribution in [0.4, 0.5) is 5.82 Å². The summed E-state index contributed by atoms with van der Waals surface area (Å²) in [4.78, 5) is 15.0. The molecule has 2 aromatic rings. The first-order valence-corrected chi connectivity index (χ1v) is 10.1. The molecule has 1 aromatic heterocycles. The molecule has 0 bridgehead atoms. The van der Waals surface area contributed by atoms with Crippen LogP contribution in [0.25, 0.3) is 0 Å². The molecule has 1 aliphatic heterocycles. The van der Waals surface area contributed by atoms with E-state index in [2.05, 4.69) is 33.6 Å². The number of amides is 1. The molecule has 0 radical (unpaired) electrons. The molecule has 1 saturated carbocycles. The number of anilines is 1. The van der Waals surface area contributed by atoms with Crippen LogP contribution in [0.15, 0.2) is 36.5 Å². The van der Waals surface area contributed by atoms with Crippen LogP contribution in [-0.2, 0) is 4.79 Å². The molecule has 1 aromatic carbocycles. The molecule has 2 N–H and O–H groups in total. The van der Waals surface area contributed by atoms with Gasteiger partial charge in [0.25, 0.3) is 0 Å². The second-order valence-electron chi connectivity index (χ2n) is 7.72. The quantitative estimate of drug-likeness (QED) is 0.669. The van der Waals surface area contributed by atoms with Gasteiger partial charge in [0.05, 0.1) is 31.9 Å². The Hall–Kier alpha value is -1.80. The van der Waals surface area contributed by atoms with Gasteiger partial charge in [-0.3, -0.25) is 9.69 Å². The zero-order valence-corrected chi connectivity index (χ0v) is 19.0. The number of carbonyl (C=O) groups is 1. The van der Waals surface area contributed by atoms with Gasteiger partial charge < -0.3 is 15.4 Å². The van der Waals surface area contributed by atoms with Gasteiger partial charge in [-0.15, -0.1) is 24.8 Å². The number of hydrogen-bond donors (Lipinski definition) is 2. The Labute approximate surface area is 190 Å². The SMILES string of the molecule is COc1ccccc1C1CNCCN1CC(=O)Nc1ccnn1C(C)C1CC1.Cl.Cl. The van der Waals surface area contributed by atoms with Crippen molar-refractivity contribution in [3.8, 4) is 5.75 Å². The number of ether oxygens (including phenoxy) is 1. The monoisotopic (exact) mass is 455 g/mol. The summed E-state index contributed by atoms with van der Waals surface area (Å²) in [6.07, 6.45) is 4.25. The van der Waals surface area contributed by atoms with Crippen LogP contribution in [0, 0.1) is 5.92 Å². The maximum atomic E-state index is 12.8. The Morgan fingerprint density at radius 2 is 2.07 bits per heavy atom. The van der Waals surface area contributed by atoms with E-state index in [-0.39, 0.29) is 36.8 Å². The van der Waals surface area contributed by atoms with E-state index >= 15 is 0 Å². The number of halogens is 2. The van der Waals surface area contributed by atoms with Crippen LogP contribution >= 0.6 is 24.8 Å². The number of hydrogen-bond acceptors (Lipinski definition) is 5. The van der Waals surface area contributed by atoms with Crippen LogP contribution in [0.1, 0.15) is 37.4 Å². The first-order valence-electron chi connectivity index (χ1n) is 10.1. The third-order valence-electron chi connectivity index (χ3n) is 5.83. The molecule has 7 nitrogen and oxygen atoms in total. The molecule has 1 amide bonds. The van der Waals surface area contributed by atoms with Gasteiger partial charge in [0.15, 0.2) is 0 Å². The van der Waals surface area contributed by atoms with E-state index in [0.717, 1.165) is 36.8 Å². The lowest BCUT2D eigenvalue weighted by Crippen LogP contribution is -2.48. The second kappa shape index (κ2) is 11.0. The first-order chi connectivity index (χ1) is 13.7. The summed E-state index contributed by atoms with van der Waals surface area (Å²) in [6, 6.07) is 10.3. The van der Waals surface area contributed by atoms with E-state index in [0.29, 0.717) is 18.5 Å². The van der Waals surface area contributed by atoms with Crippen LogP contribution in [0.5, 0.6) is 5.75 Å². The standard InChI is InChI=1S/C21H29N5O2.2ClH/c1-15(16-7-8-16)26-20(9-10-23-26)24-21(27)14-25-12-11-22-13-18(25)17-5-3-4-6-19(17)28-2;;/h3-6,9-10,15-16,18,22H,7-8,11-14H2,1-2H3,(H,24,27);2*1H. The molecular weight excluding hydrogens is 425 g/mol. The molecule has 2 aliphatic rings. The van der Waals surface area contributed by atoms with Crippen molar-refractivity contribution >= 4 is 36.5 Å². The molecule has 2 unspecified atom stereocenters. The summed E-state index contributed by atoms with van der Waals surface area (Å²) in [5, 5.41) is 10.9. The minimum atomic E-state index is -0.00783. The average molecular weight is 456 g/mol. The molecule has 4 rings (SSSR count). The molecule has 2 atom stereocenters. The van der Waals surface area contributed by atoms with Crippen LogP contribution in [-0.4, -0.2) is 53.9 Å². The summed E-state index contributed by atoms with van der Waals surface area (Å²) < 4.78 is 7.49. The van der Waals surface area contributed by atoms with Gasteiger partial charge in [-0.05, 0) is 31.7 Å². The van der Waals surface area contributed by atoms with Crippen molar-refractivity contribution in [3.63, 3.8) is 0 Å². The highest BCUT2D eigenvalue weighted by atomic mass is 35.5. The Balaban J connectivity index is 0.00000160. The van der Waals surface area contributed by atoms with Crippen molar-refractivity contribution in [1.29, 1.82) is 0 Å². The summed E-state index contributed by atoms with van der Waals surface area (Å²) in [5.74, 6) is 2.32. The number of methoxy groups -OCH3 is 1. The smallest absolute Gasteiger partial charge is 0.239 e. The van der Waals surface area contributed by atoms with Crippen molar-refractivity contribution in [2.24, 2.45) is 5.92 Å². The van der Waals surface area contributed by atoms with Gasteiger partial charge in [-0.1, -0.05) is 18.2 Å². The lowest BCUT2D eigenvalue weighted by molar-refractivity contribution is -0.118. The number of carbonyl (C=O) groups excluding carboxylic acids is 1. The van der Waals surface area contributed by atoms with Crippen LogP contribution < -0.4 is 15.4 Å². The van der Waals surface area contributed by atoms with E-state index in [1.54, 1.807) is 13.3 Å². The van der Waals surface area contributed by atoms with Crippen molar-refractivity contribution < 1.29 is 9.53 Å². The molecular formula is C21H31Cl2N5O2. The fourth-order valence-electron chi connectivity index (χ4n) is 4.07. The Bertz CT molecular complexity index is 827. The summed E-state index contributed by atoms with van der Waals surface area (Å²) in [5.41, 5.74) is 1.11. The predicted octanol–water partition coefficient (Wildman–Crippen LogP) is 3.29. The highest BCUT2D eigenvalue weighted by Gasteiger charge is 2.31. The lowest BCUT2D eigenvalue weighted by Gasteiger charge is -2.36. The third-order valence-corrected chi connectivity index (χ3v) is 5.83. The summed E-state index contributed by atoms with van der Waals surface area (Å²) in [6.45, 7) is 5.00. The number of aromatic nitrogens is 2. The number of nitrogens with zero attached hydrogens (tertiary/aromatic N) is 3. The number of para-hydroxylation sites is 1. The van der Waals surface area contributed by atoms with Gasteiger partial charge in [0.1, 0.15) is 11.6 Å². The molecule has 2 heterocycles. The minimum Gasteiger partial charge on any atom is -0.496 e. The van der Waals surface area contributed by atoms with E-state index in [1.165, 1.54) is 12.8 Å². The summed E-state index contributed by atoms with van der Waals surface area (Å²) in [7, 11) is 1.69. The molecule has 2 fully saturated rings. The number of nitrogens with one attached hydrogen (secondary N) is 2. The van der Waals surface area contributed by atoms with Gasteiger partial charge in [-0.2, -0.15) is 5.10 Å². The zero-order chi connectivity index (χ0) is 19.5. The highest BCUT2D eigenvalue weighted by molar-refractivity contribution is 5.91. The normalized spacial score (nSPS) is 19.9.